The monoisotopic (exact) mass is 237 g/mol. The van der Waals surface area contributed by atoms with Crippen LogP contribution in [0.15, 0.2) is 6.07 Å². The number of aliphatic hydroxyl groups excluding tert-OH is 1. The first-order valence-electron chi connectivity index (χ1n) is 6.26. The molecule has 0 aliphatic carbocycles. The van der Waals surface area contributed by atoms with Crippen molar-refractivity contribution in [3.05, 3.63) is 17.6 Å². The molecule has 0 aliphatic heterocycles. The van der Waals surface area contributed by atoms with Crippen LogP contribution in [0.2, 0.25) is 0 Å². The Bertz CT molecular complexity index is 351. The molecular weight excluding hydrogens is 214 g/mol. The summed E-state index contributed by atoms with van der Waals surface area (Å²) in [5.74, 6) is 2.10. The van der Waals surface area contributed by atoms with Gasteiger partial charge in [-0.3, -0.25) is 0 Å². The number of aromatic nitrogens is 2. The van der Waals surface area contributed by atoms with Gasteiger partial charge in [0.2, 0.25) is 0 Å². The van der Waals surface area contributed by atoms with Crippen molar-refractivity contribution in [3.8, 4) is 0 Å². The molecule has 96 valence electrons. The fraction of sp³-hybridized carbons (Fsp3) is 0.692. The molecule has 1 atom stereocenters. The van der Waals surface area contributed by atoms with Gasteiger partial charge in [-0.15, -0.1) is 0 Å². The van der Waals surface area contributed by atoms with Crippen LogP contribution in [0.1, 0.15) is 51.0 Å². The Morgan fingerprint density at radius 2 is 2.00 bits per heavy atom. The van der Waals surface area contributed by atoms with Gasteiger partial charge in [-0.05, 0) is 26.7 Å². The van der Waals surface area contributed by atoms with E-state index in [0.29, 0.717) is 5.92 Å². The molecule has 0 spiro atoms. The van der Waals surface area contributed by atoms with Gasteiger partial charge in [0.1, 0.15) is 11.6 Å². The highest BCUT2D eigenvalue weighted by Gasteiger charge is 2.05. The number of anilines is 1. The molecular formula is C13H23N3O. The number of aryl methyl sites for hydroxylation is 1. The predicted octanol–water partition coefficient (Wildman–Crippen LogP) is 2.48. The van der Waals surface area contributed by atoms with Crippen LogP contribution in [0.5, 0.6) is 0 Å². The summed E-state index contributed by atoms with van der Waals surface area (Å²) >= 11 is 0. The van der Waals surface area contributed by atoms with Gasteiger partial charge in [0.15, 0.2) is 0 Å². The number of rotatable bonds is 6. The molecule has 1 rings (SSSR count). The first kappa shape index (κ1) is 13.9. The second kappa shape index (κ2) is 6.55. The van der Waals surface area contributed by atoms with E-state index in [0.717, 1.165) is 36.7 Å². The summed E-state index contributed by atoms with van der Waals surface area (Å²) in [6, 6.07) is 1.95. The average Bonchev–Trinajstić information content (AvgIpc) is 2.23. The van der Waals surface area contributed by atoms with Crippen LogP contribution in [0.3, 0.4) is 0 Å². The highest BCUT2D eigenvalue weighted by Crippen LogP contribution is 2.13. The highest BCUT2D eigenvalue weighted by molar-refractivity contribution is 5.36. The Morgan fingerprint density at radius 1 is 1.29 bits per heavy atom. The first-order chi connectivity index (χ1) is 7.99. The number of aliphatic hydroxyl groups is 1. The van der Waals surface area contributed by atoms with Gasteiger partial charge in [0.25, 0.3) is 0 Å². The topological polar surface area (TPSA) is 58.0 Å². The van der Waals surface area contributed by atoms with Crippen molar-refractivity contribution in [2.24, 2.45) is 0 Å². The summed E-state index contributed by atoms with van der Waals surface area (Å²) in [7, 11) is 0. The SMILES string of the molecule is Cc1cc(NCCCC(C)O)nc(C(C)C)n1. The Kier molecular flexibility index (Phi) is 5.35. The fourth-order valence-corrected chi connectivity index (χ4v) is 1.55. The lowest BCUT2D eigenvalue weighted by atomic mass is 10.2. The standard InChI is InChI=1S/C13H23N3O/c1-9(2)13-15-10(3)8-12(16-13)14-7-5-6-11(4)17/h8-9,11,17H,5-7H2,1-4H3,(H,14,15,16). The van der Waals surface area contributed by atoms with Crippen molar-refractivity contribution in [2.75, 3.05) is 11.9 Å². The lowest BCUT2D eigenvalue weighted by molar-refractivity contribution is 0.183. The maximum atomic E-state index is 9.16. The van der Waals surface area contributed by atoms with E-state index in [9.17, 15) is 0 Å². The molecule has 0 radical (unpaired) electrons. The summed E-state index contributed by atoms with van der Waals surface area (Å²) in [5.41, 5.74) is 0.988. The minimum Gasteiger partial charge on any atom is -0.393 e. The van der Waals surface area contributed by atoms with Crippen LogP contribution in [0, 0.1) is 6.92 Å². The van der Waals surface area contributed by atoms with Gasteiger partial charge in [0.05, 0.1) is 6.10 Å². The molecule has 4 nitrogen and oxygen atoms in total. The van der Waals surface area contributed by atoms with E-state index >= 15 is 0 Å². The average molecular weight is 237 g/mol. The van der Waals surface area contributed by atoms with E-state index in [1.165, 1.54) is 0 Å². The molecule has 1 aromatic heterocycles. The van der Waals surface area contributed by atoms with Gasteiger partial charge < -0.3 is 10.4 Å². The summed E-state index contributed by atoms with van der Waals surface area (Å²) in [6.07, 6.45) is 1.53. The zero-order valence-corrected chi connectivity index (χ0v) is 11.2. The second-order valence-electron chi connectivity index (χ2n) is 4.83. The Labute approximate surface area is 103 Å². The van der Waals surface area contributed by atoms with Crippen LogP contribution < -0.4 is 5.32 Å². The third-order valence-corrected chi connectivity index (χ3v) is 2.49. The van der Waals surface area contributed by atoms with Crippen LogP contribution in [-0.2, 0) is 0 Å². The first-order valence-corrected chi connectivity index (χ1v) is 6.26. The van der Waals surface area contributed by atoms with Gasteiger partial charge >= 0.3 is 0 Å². The van der Waals surface area contributed by atoms with Crippen molar-refractivity contribution in [1.29, 1.82) is 0 Å². The van der Waals surface area contributed by atoms with Crippen molar-refractivity contribution in [1.82, 2.24) is 9.97 Å². The third kappa shape index (κ3) is 5.13. The van der Waals surface area contributed by atoms with Crippen molar-refractivity contribution in [2.45, 2.75) is 52.6 Å². The molecule has 4 heteroatoms. The molecule has 0 aromatic carbocycles. The minimum atomic E-state index is -0.227. The van der Waals surface area contributed by atoms with E-state index in [4.69, 9.17) is 5.11 Å². The van der Waals surface area contributed by atoms with Gasteiger partial charge in [0, 0.05) is 24.2 Å². The normalized spacial score (nSPS) is 12.8. The maximum absolute atomic E-state index is 9.16. The lowest BCUT2D eigenvalue weighted by Gasteiger charge is -2.10. The molecule has 1 unspecified atom stereocenters. The number of nitrogens with zero attached hydrogens (tertiary/aromatic N) is 2. The largest absolute Gasteiger partial charge is 0.393 e. The molecule has 0 saturated carbocycles. The zero-order valence-electron chi connectivity index (χ0n) is 11.2. The number of hydrogen-bond donors (Lipinski definition) is 2. The van der Waals surface area contributed by atoms with E-state index in [-0.39, 0.29) is 6.10 Å². The van der Waals surface area contributed by atoms with Crippen molar-refractivity contribution in [3.63, 3.8) is 0 Å². The van der Waals surface area contributed by atoms with Crippen LogP contribution in [0.25, 0.3) is 0 Å². The molecule has 17 heavy (non-hydrogen) atoms. The smallest absolute Gasteiger partial charge is 0.133 e. The van der Waals surface area contributed by atoms with E-state index < -0.39 is 0 Å². The minimum absolute atomic E-state index is 0.227. The summed E-state index contributed by atoms with van der Waals surface area (Å²) in [6.45, 7) is 8.80. The maximum Gasteiger partial charge on any atom is 0.133 e. The molecule has 0 saturated heterocycles. The van der Waals surface area contributed by atoms with E-state index in [2.05, 4.69) is 29.1 Å². The van der Waals surface area contributed by atoms with Gasteiger partial charge in [-0.2, -0.15) is 0 Å². The quantitative estimate of drug-likeness (QED) is 0.746. The van der Waals surface area contributed by atoms with E-state index in [1.807, 2.05) is 19.9 Å². The van der Waals surface area contributed by atoms with Crippen LogP contribution in [0.4, 0.5) is 5.82 Å². The molecule has 0 amide bonds. The Morgan fingerprint density at radius 3 is 2.59 bits per heavy atom. The summed E-state index contributed by atoms with van der Waals surface area (Å²) in [5, 5.41) is 12.4. The summed E-state index contributed by atoms with van der Waals surface area (Å²) in [4.78, 5) is 8.86. The zero-order chi connectivity index (χ0) is 12.8. The van der Waals surface area contributed by atoms with E-state index in [1.54, 1.807) is 0 Å². The lowest BCUT2D eigenvalue weighted by Crippen LogP contribution is -2.09. The second-order valence-corrected chi connectivity index (χ2v) is 4.83. The van der Waals surface area contributed by atoms with Gasteiger partial charge in [-0.1, -0.05) is 13.8 Å². The van der Waals surface area contributed by atoms with Crippen molar-refractivity contribution >= 4 is 5.82 Å². The van der Waals surface area contributed by atoms with Crippen LogP contribution in [-0.4, -0.2) is 27.7 Å². The molecule has 0 bridgehead atoms. The molecule has 0 aliphatic rings. The molecule has 1 heterocycles. The molecule has 1 aromatic rings. The third-order valence-electron chi connectivity index (χ3n) is 2.49. The Hall–Kier alpha value is -1.16. The predicted molar refractivity (Wildman–Crippen MR) is 70.3 cm³/mol. The Balaban J connectivity index is 2.53. The van der Waals surface area contributed by atoms with Gasteiger partial charge in [-0.25, -0.2) is 9.97 Å². The fourth-order valence-electron chi connectivity index (χ4n) is 1.55. The number of hydrogen-bond acceptors (Lipinski definition) is 4. The van der Waals surface area contributed by atoms with Crippen molar-refractivity contribution < 1.29 is 5.11 Å². The molecule has 0 fully saturated rings. The molecule has 2 N–H and O–H groups in total. The highest BCUT2D eigenvalue weighted by atomic mass is 16.3. The van der Waals surface area contributed by atoms with Crippen LogP contribution >= 0.6 is 0 Å². The summed E-state index contributed by atoms with van der Waals surface area (Å²) < 4.78 is 0. The number of nitrogens with one attached hydrogen (secondary N) is 1.